The van der Waals surface area contributed by atoms with Gasteiger partial charge in [-0.3, -0.25) is 0 Å². The molecule has 0 radical (unpaired) electrons. The second-order valence-corrected chi connectivity index (χ2v) is 2.06. The van der Waals surface area contributed by atoms with Gasteiger partial charge in [-0.1, -0.05) is 13.8 Å². The zero-order chi connectivity index (χ0) is 5.86. The Morgan fingerprint density at radius 3 is 1.88 bits per heavy atom. The van der Waals surface area contributed by atoms with E-state index in [4.69, 9.17) is 5.73 Å². The Labute approximate surface area is 55.9 Å². The number of rotatable bonds is 2. The average molecular weight is 142 g/mol. The lowest BCUT2D eigenvalue weighted by Crippen LogP contribution is -2.28. The van der Waals surface area contributed by atoms with E-state index in [1.807, 2.05) is 13.8 Å². The van der Waals surface area contributed by atoms with Crippen molar-refractivity contribution in [2.24, 2.45) is 11.7 Å². The summed E-state index contributed by atoms with van der Waals surface area (Å²) in [5.74, 6) is 0.269. The Morgan fingerprint density at radius 2 is 1.88 bits per heavy atom. The molecule has 2 N–H and O–H groups in total. The number of alkyl halides is 1. The maximum Gasteiger partial charge on any atom is 0.105 e. The van der Waals surface area contributed by atoms with Crippen molar-refractivity contribution in [1.29, 1.82) is 0 Å². The predicted molar refractivity (Wildman–Crippen MR) is 36.0 cm³/mol. The Kier molecular flexibility index (Phi) is 7.34. The van der Waals surface area contributed by atoms with Crippen LogP contribution in [0.2, 0.25) is 0 Å². The Morgan fingerprint density at radius 1 is 1.50 bits per heavy atom. The fraction of sp³-hybridized carbons (Fsp3) is 1.00. The number of halogens is 2. The first-order valence-corrected chi connectivity index (χ1v) is 2.50. The molecule has 0 rings (SSSR count). The van der Waals surface area contributed by atoms with Gasteiger partial charge in [0, 0.05) is 6.04 Å². The lowest BCUT2D eigenvalue weighted by Gasteiger charge is -2.08. The Hall–Kier alpha value is 0.180. The molecular formula is C5H13ClFN. The van der Waals surface area contributed by atoms with Crippen LogP contribution in [0.1, 0.15) is 13.8 Å². The molecule has 0 aliphatic rings. The van der Waals surface area contributed by atoms with Gasteiger partial charge in [0.15, 0.2) is 0 Å². The largest absolute Gasteiger partial charge is 0.325 e. The van der Waals surface area contributed by atoms with Gasteiger partial charge < -0.3 is 5.73 Å². The van der Waals surface area contributed by atoms with Crippen LogP contribution >= 0.6 is 12.4 Å². The van der Waals surface area contributed by atoms with Crippen molar-refractivity contribution in [2.45, 2.75) is 19.9 Å². The predicted octanol–water partition coefficient (Wildman–Crippen LogP) is 1.36. The highest BCUT2D eigenvalue weighted by Gasteiger charge is 2.04. The minimum absolute atomic E-state index is 0. The van der Waals surface area contributed by atoms with E-state index in [9.17, 15) is 4.39 Å². The molecule has 0 saturated carbocycles. The van der Waals surface area contributed by atoms with Gasteiger partial charge in [0.2, 0.25) is 0 Å². The lowest BCUT2D eigenvalue weighted by atomic mass is 10.1. The van der Waals surface area contributed by atoms with Crippen LogP contribution in [0.3, 0.4) is 0 Å². The van der Waals surface area contributed by atoms with E-state index in [-0.39, 0.29) is 24.4 Å². The topological polar surface area (TPSA) is 26.0 Å². The van der Waals surface area contributed by atoms with E-state index >= 15 is 0 Å². The van der Waals surface area contributed by atoms with Crippen LogP contribution in [0.4, 0.5) is 4.39 Å². The van der Waals surface area contributed by atoms with Crippen molar-refractivity contribution in [1.82, 2.24) is 0 Å². The summed E-state index contributed by atoms with van der Waals surface area (Å²) in [5.41, 5.74) is 5.24. The first-order valence-electron chi connectivity index (χ1n) is 2.50. The standard InChI is InChI=1S/C5H12FN.ClH/c1-4(2)5(7)3-6;/h4-5H,3,7H2,1-2H3;1H/t5-;/m0./s1. The third-order valence-electron chi connectivity index (χ3n) is 1.03. The van der Waals surface area contributed by atoms with Crippen LogP contribution in [0.15, 0.2) is 0 Å². The van der Waals surface area contributed by atoms with Crippen molar-refractivity contribution < 1.29 is 4.39 Å². The molecule has 0 aromatic rings. The van der Waals surface area contributed by atoms with Crippen LogP contribution in [-0.2, 0) is 0 Å². The fourth-order valence-electron chi connectivity index (χ4n) is 0.178. The van der Waals surface area contributed by atoms with Crippen LogP contribution in [0.25, 0.3) is 0 Å². The van der Waals surface area contributed by atoms with E-state index in [0.29, 0.717) is 0 Å². The quantitative estimate of drug-likeness (QED) is 0.618. The average Bonchev–Trinajstić information content (AvgIpc) is 1.65. The number of nitrogens with two attached hydrogens (primary N) is 1. The molecule has 0 aliphatic carbocycles. The van der Waals surface area contributed by atoms with Gasteiger partial charge in [-0.25, -0.2) is 4.39 Å². The summed E-state index contributed by atoms with van der Waals surface area (Å²) in [7, 11) is 0. The highest BCUT2D eigenvalue weighted by atomic mass is 35.5. The van der Waals surface area contributed by atoms with Gasteiger partial charge in [0.05, 0.1) is 0 Å². The smallest absolute Gasteiger partial charge is 0.105 e. The Balaban J connectivity index is 0. The minimum Gasteiger partial charge on any atom is -0.325 e. The van der Waals surface area contributed by atoms with Crippen molar-refractivity contribution >= 4 is 12.4 Å². The van der Waals surface area contributed by atoms with Crippen molar-refractivity contribution in [3.63, 3.8) is 0 Å². The fourth-order valence-corrected chi connectivity index (χ4v) is 0.178. The first-order chi connectivity index (χ1) is 3.18. The van der Waals surface area contributed by atoms with E-state index < -0.39 is 6.67 Å². The van der Waals surface area contributed by atoms with Crippen LogP contribution < -0.4 is 5.73 Å². The van der Waals surface area contributed by atoms with E-state index in [1.165, 1.54) is 0 Å². The molecule has 0 amide bonds. The normalized spacial score (nSPS) is 13.1. The highest BCUT2D eigenvalue weighted by molar-refractivity contribution is 5.85. The highest BCUT2D eigenvalue weighted by Crippen LogP contribution is 1.96. The van der Waals surface area contributed by atoms with E-state index in [1.54, 1.807) is 0 Å². The molecule has 1 nitrogen and oxygen atoms in total. The zero-order valence-electron chi connectivity index (χ0n) is 5.23. The Bertz CT molecular complexity index is 49.7. The van der Waals surface area contributed by atoms with Crippen LogP contribution in [0.5, 0.6) is 0 Å². The molecule has 0 spiro atoms. The molecule has 0 unspecified atom stereocenters. The van der Waals surface area contributed by atoms with E-state index in [0.717, 1.165) is 0 Å². The third kappa shape index (κ3) is 4.34. The van der Waals surface area contributed by atoms with Gasteiger partial charge in [0.1, 0.15) is 6.67 Å². The zero-order valence-corrected chi connectivity index (χ0v) is 6.04. The molecule has 3 heteroatoms. The van der Waals surface area contributed by atoms with Gasteiger partial charge in [-0.2, -0.15) is 0 Å². The summed E-state index contributed by atoms with van der Waals surface area (Å²) < 4.78 is 11.5. The molecule has 1 atom stereocenters. The molecule has 52 valence electrons. The summed E-state index contributed by atoms with van der Waals surface area (Å²) in [5, 5.41) is 0. The third-order valence-corrected chi connectivity index (χ3v) is 1.03. The second kappa shape index (κ2) is 5.32. The first kappa shape index (κ1) is 11.0. The summed E-state index contributed by atoms with van der Waals surface area (Å²) in [6, 6.07) is -0.264. The van der Waals surface area contributed by atoms with E-state index in [2.05, 4.69) is 0 Å². The van der Waals surface area contributed by atoms with Crippen LogP contribution in [-0.4, -0.2) is 12.7 Å². The molecular weight excluding hydrogens is 129 g/mol. The maximum absolute atomic E-state index is 11.5. The van der Waals surface area contributed by atoms with Crippen LogP contribution in [0, 0.1) is 5.92 Å². The summed E-state index contributed by atoms with van der Waals surface area (Å²) >= 11 is 0. The summed E-state index contributed by atoms with van der Waals surface area (Å²) in [6.45, 7) is 3.41. The molecule has 0 saturated heterocycles. The number of hydrogen-bond donors (Lipinski definition) is 1. The molecule has 0 aromatic heterocycles. The molecule has 0 heterocycles. The van der Waals surface area contributed by atoms with Crippen molar-refractivity contribution in [3.8, 4) is 0 Å². The second-order valence-electron chi connectivity index (χ2n) is 2.06. The summed E-state index contributed by atoms with van der Waals surface area (Å²) in [6.07, 6.45) is 0. The SMILES string of the molecule is CC(C)[C@@H](N)CF.Cl. The van der Waals surface area contributed by atoms with Gasteiger partial charge in [-0.15, -0.1) is 12.4 Å². The lowest BCUT2D eigenvalue weighted by molar-refractivity contribution is 0.365. The van der Waals surface area contributed by atoms with Gasteiger partial charge in [0.25, 0.3) is 0 Å². The molecule has 0 aromatic carbocycles. The summed E-state index contributed by atoms with van der Waals surface area (Å²) in [4.78, 5) is 0. The molecule has 0 aliphatic heterocycles. The van der Waals surface area contributed by atoms with Crippen molar-refractivity contribution in [2.75, 3.05) is 6.67 Å². The van der Waals surface area contributed by atoms with Crippen molar-refractivity contribution in [3.05, 3.63) is 0 Å². The monoisotopic (exact) mass is 141 g/mol. The molecule has 0 fully saturated rings. The molecule has 8 heavy (non-hydrogen) atoms. The minimum atomic E-state index is -0.405. The molecule has 0 bridgehead atoms. The maximum atomic E-state index is 11.5. The number of hydrogen-bond acceptors (Lipinski definition) is 1. The van der Waals surface area contributed by atoms with Gasteiger partial charge in [-0.05, 0) is 5.92 Å². The van der Waals surface area contributed by atoms with Gasteiger partial charge >= 0.3 is 0 Å².